The fraction of sp³-hybridized carbons (Fsp3) is 0.381. The Hall–Kier alpha value is -2.19. The van der Waals surface area contributed by atoms with E-state index in [1.165, 1.54) is 11.3 Å². The highest BCUT2D eigenvalue weighted by atomic mass is 79.9. The molecule has 152 valence electrons. The standard InChI is InChI=1S/C21H22BrN3O3S/c1-21(2,3)28-20(27)25-14(12-7-5-4-6-8-12)9-10-15(25)18-23-13-11-16(22)29-17(13)19(26)24-18/h4-8,11,14-15H,9-10H2,1-3H3,(H,23,24,26)/t14-,15+/m1/s1. The molecule has 29 heavy (non-hydrogen) atoms. The highest BCUT2D eigenvalue weighted by Crippen LogP contribution is 2.44. The number of nitrogens with one attached hydrogen (secondary N) is 1. The van der Waals surface area contributed by atoms with Crippen LogP contribution in [0.15, 0.2) is 45.0 Å². The van der Waals surface area contributed by atoms with E-state index < -0.39 is 11.7 Å². The molecular weight excluding hydrogens is 454 g/mol. The molecule has 1 saturated heterocycles. The molecule has 3 heterocycles. The van der Waals surface area contributed by atoms with Crippen molar-refractivity contribution < 1.29 is 9.53 Å². The number of aromatic amines is 1. The number of benzene rings is 1. The summed E-state index contributed by atoms with van der Waals surface area (Å²) in [5.74, 6) is 0.497. The molecule has 1 amide bonds. The van der Waals surface area contributed by atoms with Gasteiger partial charge in [-0.25, -0.2) is 9.78 Å². The van der Waals surface area contributed by atoms with E-state index in [9.17, 15) is 9.59 Å². The minimum Gasteiger partial charge on any atom is -0.444 e. The maximum atomic E-state index is 13.2. The minimum absolute atomic E-state index is 0.133. The molecule has 0 aliphatic carbocycles. The van der Waals surface area contributed by atoms with Crippen molar-refractivity contribution in [1.29, 1.82) is 0 Å². The maximum Gasteiger partial charge on any atom is 0.411 e. The van der Waals surface area contributed by atoms with Crippen molar-refractivity contribution >= 4 is 43.6 Å². The van der Waals surface area contributed by atoms with Crippen molar-refractivity contribution in [1.82, 2.24) is 14.9 Å². The molecule has 0 unspecified atom stereocenters. The van der Waals surface area contributed by atoms with Gasteiger partial charge in [0.25, 0.3) is 5.56 Å². The van der Waals surface area contributed by atoms with Crippen LogP contribution in [0, 0.1) is 0 Å². The second-order valence-electron chi connectivity index (χ2n) is 8.12. The van der Waals surface area contributed by atoms with E-state index in [-0.39, 0.29) is 17.6 Å². The average molecular weight is 476 g/mol. The average Bonchev–Trinajstić information content (AvgIpc) is 3.24. The summed E-state index contributed by atoms with van der Waals surface area (Å²) in [5.41, 5.74) is 0.873. The summed E-state index contributed by atoms with van der Waals surface area (Å²) < 4.78 is 7.13. The summed E-state index contributed by atoms with van der Waals surface area (Å²) in [4.78, 5) is 35.0. The quantitative estimate of drug-likeness (QED) is 0.526. The van der Waals surface area contributed by atoms with Crippen LogP contribution in [0.5, 0.6) is 0 Å². The summed E-state index contributed by atoms with van der Waals surface area (Å²) in [6.07, 6.45) is 1.06. The van der Waals surface area contributed by atoms with Crippen molar-refractivity contribution in [2.45, 2.75) is 51.3 Å². The van der Waals surface area contributed by atoms with Crippen molar-refractivity contribution in [3.05, 3.63) is 61.9 Å². The maximum absolute atomic E-state index is 13.2. The topological polar surface area (TPSA) is 75.3 Å². The summed E-state index contributed by atoms with van der Waals surface area (Å²) in [5, 5.41) is 0. The number of fused-ring (bicyclic) bond motifs is 1. The molecule has 2 atom stereocenters. The molecule has 0 saturated carbocycles. The zero-order valence-electron chi connectivity index (χ0n) is 16.4. The van der Waals surface area contributed by atoms with Gasteiger partial charge in [-0.1, -0.05) is 30.3 Å². The number of hydrogen-bond acceptors (Lipinski definition) is 5. The SMILES string of the molecule is CC(C)(C)OC(=O)N1[C@@H](c2ccccc2)CC[C@H]1c1nc2cc(Br)sc2c(=O)[nH]1. The van der Waals surface area contributed by atoms with Crippen LogP contribution in [0.4, 0.5) is 4.79 Å². The molecule has 1 aliphatic rings. The van der Waals surface area contributed by atoms with Crippen LogP contribution < -0.4 is 5.56 Å². The third-order valence-electron chi connectivity index (χ3n) is 4.86. The lowest BCUT2D eigenvalue weighted by atomic mass is 10.1. The van der Waals surface area contributed by atoms with Gasteiger partial charge in [0.2, 0.25) is 0 Å². The summed E-state index contributed by atoms with van der Waals surface area (Å²) in [7, 11) is 0. The second-order valence-corrected chi connectivity index (χ2v) is 10.6. The number of carbonyl (C=O) groups excluding carboxylic acids is 1. The van der Waals surface area contributed by atoms with Crippen LogP contribution >= 0.6 is 27.3 Å². The third kappa shape index (κ3) is 4.09. The van der Waals surface area contributed by atoms with Crippen molar-refractivity contribution in [2.75, 3.05) is 0 Å². The van der Waals surface area contributed by atoms with Gasteiger partial charge in [-0.05, 0) is 61.2 Å². The number of halogens is 1. The number of hydrogen-bond donors (Lipinski definition) is 1. The first kappa shape index (κ1) is 20.1. The van der Waals surface area contributed by atoms with E-state index >= 15 is 0 Å². The van der Waals surface area contributed by atoms with Gasteiger partial charge >= 0.3 is 6.09 Å². The van der Waals surface area contributed by atoms with E-state index in [2.05, 4.69) is 25.9 Å². The van der Waals surface area contributed by atoms with Crippen LogP contribution in [0.25, 0.3) is 10.2 Å². The Morgan fingerprint density at radius 3 is 2.62 bits per heavy atom. The molecule has 0 radical (unpaired) electrons. The lowest BCUT2D eigenvalue weighted by Crippen LogP contribution is -2.38. The Kier molecular flexibility index (Phi) is 5.25. The van der Waals surface area contributed by atoms with Gasteiger partial charge in [-0.2, -0.15) is 0 Å². The Morgan fingerprint density at radius 2 is 1.93 bits per heavy atom. The van der Waals surface area contributed by atoms with Gasteiger partial charge < -0.3 is 9.72 Å². The number of nitrogens with zero attached hydrogens (tertiary/aromatic N) is 2. The zero-order valence-corrected chi connectivity index (χ0v) is 18.8. The lowest BCUT2D eigenvalue weighted by Gasteiger charge is -2.32. The first-order valence-corrected chi connectivity index (χ1v) is 11.1. The van der Waals surface area contributed by atoms with Gasteiger partial charge in [0.05, 0.1) is 21.4 Å². The number of rotatable bonds is 2. The van der Waals surface area contributed by atoms with Gasteiger partial charge in [-0.3, -0.25) is 9.69 Å². The fourth-order valence-electron chi connectivity index (χ4n) is 3.74. The number of amides is 1. The monoisotopic (exact) mass is 475 g/mol. The van der Waals surface area contributed by atoms with Gasteiger partial charge in [-0.15, -0.1) is 11.3 Å². The van der Waals surface area contributed by atoms with Gasteiger partial charge in [0.15, 0.2) is 0 Å². The minimum atomic E-state index is -0.617. The van der Waals surface area contributed by atoms with Crippen LogP contribution in [0.2, 0.25) is 0 Å². The largest absolute Gasteiger partial charge is 0.444 e. The lowest BCUT2D eigenvalue weighted by molar-refractivity contribution is 0.0133. The third-order valence-corrected chi connectivity index (χ3v) is 6.49. The molecule has 0 bridgehead atoms. The van der Waals surface area contributed by atoms with Crippen LogP contribution in [0.1, 0.15) is 57.1 Å². The number of ether oxygens (including phenoxy) is 1. The Morgan fingerprint density at radius 1 is 1.24 bits per heavy atom. The number of thiophene rings is 1. The van der Waals surface area contributed by atoms with Crippen molar-refractivity contribution in [3.63, 3.8) is 0 Å². The Bertz CT molecular complexity index is 1100. The Labute approximate surface area is 181 Å². The molecule has 1 fully saturated rings. The molecule has 0 spiro atoms. The van der Waals surface area contributed by atoms with Crippen LogP contribution in [-0.4, -0.2) is 26.6 Å². The van der Waals surface area contributed by atoms with Gasteiger partial charge in [0, 0.05) is 0 Å². The number of aromatic nitrogens is 2. The summed E-state index contributed by atoms with van der Waals surface area (Å²) >= 11 is 4.76. The van der Waals surface area contributed by atoms with Crippen molar-refractivity contribution in [3.8, 4) is 0 Å². The van der Waals surface area contributed by atoms with Crippen molar-refractivity contribution in [2.24, 2.45) is 0 Å². The number of likely N-dealkylation sites (tertiary alicyclic amines) is 1. The first-order chi connectivity index (χ1) is 13.7. The predicted molar refractivity (Wildman–Crippen MR) is 117 cm³/mol. The highest BCUT2D eigenvalue weighted by Gasteiger charge is 2.42. The molecule has 1 aliphatic heterocycles. The first-order valence-electron chi connectivity index (χ1n) is 9.48. The predicted octanol–water partition coefficient (Wildman–Crippen LogP) is 5.56. The fourth-order valence-corrected chi connectivity index (χ4v) is 5.16. The summed E-state index contributed by atoms with van der Waals surface area (Å²) in [6.45, 7) is 5.55. The molecule has 1 aromatic carbocycles. The van der Waals surface area contributed by atoms with Crippen LogP contribution in [-0.2, 0) is 4.74 Å². The van der Waals surface area contributed by atoms with E-state index in [1.807, 2.05) is 57.2 Å². The molecule has 1 N–H and O–H groups in total. The number of H-pyrrole nitrogens is 1. The normalized spacial score (nSPS) is 19.7. The second kappa shape index (κ2) is 7.57. The Balaban J connectivity index is 1.77. The molecule has 2 aromatic heterocycles. The molecule has 6 nitrogen and oxygen atoms in total. The summed E-state index contributed by atoms with van der Waals surface area (Å²) in [6, 6.07) is 11.3. The molecule has 8 heteroatoms. The van der Waals surface area contributed by atoms with E-state index in [0.717, 1.165) is 15.8 Å². The smallest absolute Gasteiger partial charge is 0.411 e. The molecule has 4 rings (SSSR count). The molecular formula is C21H22BrN3O3S. The van der Waals surface area contributed by atoms with E-state index in [0.29, 0.717) is 22.5 Å². The highest BCUT2D eigenvalue weighted by molar-refractivity contribution is 9.11. The molecule has 3 aromatic rings. The zero-order chi connectivity index (χ0) is 20.8. The van der Waals surface area contributed by atoms with E-state index in [4.69, 9.17) is 4.74 Å². The number of carbonyl (C=O) groups is 1. The van der Waals surface area contributed by atoms with Gasteiger partial charge in [0.1, 0.15) is 16.1 Å². The van der Waals surface area contributed by atoms with E-state index in [1.54, 1.807) is 4.90 Å². The van der Waals surface area contributed by atoms with Crippen LogP contribution in [0.3, 0.4) is 0 Å².